The lowest BCUT2D eigenvalue weighted by Crippen LogP contribution is -2.35. The molecule has 1 atom stereocenters. The van der Waals surface area contributed by atoms with Crippen molar-refractivity contribution in [2.24, 2.45) is 11.7 Å². The van der Waals surface area contributed by atoms with Crippen molar-refractivity contribution in [2.75, 3.05) is 25.1 Å². The predicted octanol–water partition coefficient (Wildman–Crippen LogP) is 1.21. The van der Waals surface area contributed by atoms with E-state index in [0.29, 0.717) is 30.0 Å². The van der Waals surface area contributed by atoms with Crippen LogP contribution in [-0.4, -0.2) is 31.9 Å². The number of likely N-dealkylation sites (N-methyl/N-ethyl adjacent to an activating group) is 1. The molecule has 0 bridgehead atoms. The summed E-state index contributed by atoms with van der Waals surface area (Å²) >= 11 is 0. The van der Waals surface area contributed by atoms with Crippen LogP contribution in [0.5, 0.6) is 5.75 Å². The van der Waals surface area contributed by atoms with Crippen LogP contribution in [0.15, 0.2) is 18.2 Å². The monoisotopic (exact) mass is 262 g/mol. The van der Waals surface area contributed by atoms with E-state index in [4.69, 9.17) is 10.5 Å². The average Bonchev–Trinajstić information content (AvgIpc) is 2.42. The van der Waals surface area contributed by atoms with Crippen molar-refractivity contribution < 1.29 is 14.3 Å². The van der Waals surface area contributed by atoms with Gasteiger partial charge < -0.3 is 15.4 Å². The van der Waals surface area contributed by atoms with Gasteiger partial charge in [-0.1, -0.05) is 6.92 Å². The maximum Gasteiger partial charge on any atom is 0.264 e. The van der Waals surface area contributed by atoms with Gasteiger partial charge in [0, 0.05) is 19.0 Å². The molecule has 2 N–H and O–H groups in total. The number of ether oxygens (including phenoxy) is 1. The fourth-order valence-electron chi connectivity index (χ4n) is 1.96. The summed E-state index contributed by atoms with van der Waals surface area (Å²) in [6, 6.07) is 5.17. The molecular weight excluding hydrogens is 244 g/mol. The first-order chi connectivity index (χ1) is 9.02. The third kappa shape index (κ3) is 2.76. The zero-order valence-corrected chi connectivity index (χ0v) is 11.2. The Morgan fingerprint density at radius 1 is 1.53 bits per heavy atom. The Labute approximate surface area is 112 Å². The Morgan fingerprint density at radius 3 is 2.95 bits per heavy atom. The van der Waals surface area contributed by atoms with Crippen molar-refractivity contribution >= 4 is 17.4 Å². The molecule has 0 radical (unpaired) electrons. The van der Waals surface area contributed by atoms with E-state index in [1.807, 2.05) is 6.92 Å². The minimum Gasteiger partial charge on any atom is -0.482 e. The lowest BCUT2D eigenvalue weighted by Gasteiger charge is -2.26. The van der Waals surface area contributed by atoms with Gasteiger partial charge in [0.15, 0.2) is 12.4 Å². The lowest BCUT2D eigenvalue weighted by molar-refractivity contribution is -0.120. The van der Waals surface area contributed by atoms with Gasteiger partial charge in [0.25, 0.3) is 5.91 Å². The number of anilines is 1. The number of nitrogens with two attached hydrogens (primary N) is 1. The minimum atomic E-state index is -0.118. The molecule has 1 aromatic rings. The van der Waals surface area contributed by atoms with E-state index in [-0.39, 0.29) is 24.2 Å². The van der Waals surface area contributed by atoms with E-state index in [1.54, 1.807) is 25.2 Å². The Bertz CT molecular complexity index is 513. The maximum atomic E-state index is 12.1. The highest BCUT2D eigenvalue weighted by atomic mass is 16.5. The van der Waals surface area contributed by atoms with Gasteiger partial charge in [0.1, 0.15) is 5.75 Å². The fourth-order valence-corrected chi connectivity index (χ4v) is 1.96. The predicted molar refractivity (Wildman–Crippen MR) is 72.5 cm³/mol. The van der Waals surface area contributed by atoms with Gasteiger partial charge in [-0.15, -0.1) is 0 Å². The molecule has 1 heterocycles. The van der Waals surface area contributed by atoms with Crippen molar-refractivity contribution in [3.05, 3.63) is 23.8 Å². The molecule has 5 heteroatoms. The summed E-state index contributed by atoms with van der Waals surface area (Å²) in [5.41, 5.74) is 6.75. The number of rotatable bonds is 4. The van der Waals surface area contributed by atoms with Crippen molar-refractivity contribution in [1.82, 2.24) is 0 Å². The second kappa shape index (κ2) is 5.40. The maximum absolute atomic E-state index is 12.1. The van der Waals surface area contributed by atoms with Crippen LogP contribution in [0.2, 0.25) is 0 Å². The van der Waals surface area contributed by atoms with Crippen LogP contribution in [0, 0.1) is 5.92 Å². The van der Waals surface area contributed by atoms with Gasteiger partial charge in [-0.3, -0.25) is 9.59 Å². The highest BCUT2D eigenvalue weighted by molar-refractivity contribution is 6.01. The minimum absolute atomic E-state index is 0.0344. The molecule has 19 heavy (non-hydrogen) atoms. The largest absolute Gasteiger partial charge is 0.482 e. The molecule has 0 spiro atoms. The highest BCUT2D eigenvalue weighted by Crippen LogP contribution is 2.32. The molecule has 1 unspecified atom stereocenters. The second-order valence-electron chi connectivity index (χ2n) is 4.89. The third-order valence-corrected chi connectivity index (χ3v) is 3.30. The molecule has 1 amide bonds. The van der Waals surface area contributed by atoms with Crippen molar-refractivity contribution in [3.63, 3.8) is 0 Å². The van der Waals surface area contributed by atoms with Crippen molar-refractivity contribution in [3.8, 4) is 5.75 Å². The first kappa shape index (κ1) is 13.5. The number of nitrogens with zero attached hydrogens (tertiary/aromatic N) is 1. The molecular formula is C14H18N2O3. The fraction of sp³-hybridized carbons (Fsp3) is 0.429. The molecule has 0 aliphatic carbocycles. The number of amides is 1. The Balaban J connectivity index is 2.25. The van der Waals surface area contributed by atoms with E-state index in [0.717, 1.165) is 0 Å². The van der Waals surface area contributed by atoms with Crippen molar-refractivity contribution in [1.29, 1.82) is 0 Å². The first-order valence-electron chi connectivity index (χ1n) is 6.29. The number of carbonyl (C=O) groups is 2. The van der Waals surface area contributed by atoms with Gasteiger partial charge >= 0.3 is 0 Å². The van der Waals surface area contributed by atoms with Gasteiger partial charge in [-0.05, 0) is 30.7 Å². The Kier molecular flexibility index (Phi) is 3.85. The normalized spacial score (nSPS) is 15.7. The standard InChI is InChI=1S/C14H18N2O3/c1-9(7-15)5-12(17)10-3-4-13-11(6-10)16(2)14(18)8-19-13/h3-4,6,9H,5,7-8,15H2,1-2H3. The van der Waals surface area contributed by atoms with Crippen LogP contribution in [0.3, 0.4) is 0 Å². The van der Waals surface area contributed by atoms with Gasteiger partial charge in [-0.2, -0.15) is 0 Å². The molecule has 0 fully saturated rings. The quantitative estimate of drug-likeness (QED) is 0.828. The number of benzene rings is 1. The summed E-state index contributed by atoms with van der Waals surface area (Å²) in [6.07, 6.45) is 0.411. The zero-order valence-electron chi connectivity index (χ0n) is 11.2. The third-order valence-electron chi connectivity index (χ3n) is 3.30. The zero-order chi connectivity index (χ0) is 14.0. The van der Waals surface area contributed by atoms with E-state index >= 15 is 0 Å². The molecule has 102 valence electrons. The molecule has 5 nitrogen and oxygen atoms in total. The summed E-state index contributed by atoms with van der Waals surface area (Å²) in [6.45, 7) is 2.47. The average molecular weight is 262 g/mol. The van der Waals surface area contributed by atoms with Crippen LogP contribution in [0.25, 0.3) is 0 Å². The van der Waals surface area contributed by atoms with Crippen LogP contribution >= 0.6 is 0 Å². The van der Waals surface area contributed by atoms with E-state index < -0.39 is 0 Å². The Morgan fingerprint density at radius 2 is 2.26 bits per heavy atom. The van der Waals surface area contributed by atoms with Crippen LogP contribution in [0.4, 0.5) is 5.69 Å². The number of hydrogen-bond donors (Lipinski definition) is 1. The van der Waals surface area contributed by atoms with Crippen LogP contribution in [-0.2, 0) is 4.79 Å². The van der Waals surface area contributed by atoms with Crippen LogP contribution < -0.4 is 15.4 Å². The molecule has 2 rings (SSSR count). The SMILES string of the molecule is CC(CN)CC(=O)c1ccc2c(c1)N(C)C(=O)CO2. The van der Waals surface area contributed by atoms with Gasteiger partial charge in [-0.25, -0.2) is 0 Å². The summed E-state index contributed by atoms with van der Waals surface area (Å²) in [7, 11) is 1.68. The van der Waals surface area contributed by atoms with E-state index in [2.05, 4.69) is 0 Å². The number of Topliss-reactive ketones (excluding diaryl/α,β-unsaturated/α-hetero) is 1. The number of fused-ring (bicyclic) bond motifs is 1. The molecule has 1 aliphatic heterocycles. The smallest absolute Gasteiger partial charge is 0.264 e. The molecule has 1 aromatic carbocycles. The number of hydrogen-bond acceptors (Lipinski definition) is 4. The molecule has 0 saturated heterocycles. The molecule has 0 saturated carbocycles. The topological polar surface area (TPSA) is 72.6 Å². The van der Waals surface area contributed by atoms with Crippen LogP contribution in [0.1, 0.15) is 23.7 Å². The lowest BCUT2D eigenvalue weighted by atomic mass is 9.99. The first-order valence-corrected chi connectivity index (χ1v) is 6.29. The Hall–Kier alpha value is -1.88. The van der Waals surface area contributed by atoms with Gasteiger partial charge in [0.05, 0.1) is 5.69 Å². The second-order valence-corrected chi connectivity index (χ2v) is 4.89. The molecule has 1 aliphatic rings. The number of ketones is 1. The summed E-state index contributed by atoms with van der Waals surface area (Å²) in [4.78, 5) is 25.2. The summed E-state index contributed by atoms with van der Waals surface area (Å²) in [5, 5.41) is 0. The highest BCUT2D eigenvalue weighted by Gasteiger charge is 2.23. The van der Waals surface area contributed by atoms with E-state index in [1.165, 1.54) is 4.90 Å². The summed E-state index contributed by atoms with van der Waals surface area (Å²) in [5.74, 6) is 0.698. The van der Waals surface area contributed by atoms with Gasteiger partial charge in [0.2, 0.25) is 0 Å². The van der Waals surface area contributed by atoms with E-state index in [9.17, 15) is 9.59 Å². The summed E-state index contributed by atoms with van der Waals surface area (Å²) < 4.78 is 5.32. The number of carbonyl (C=O) groups excluding carboxylic acids is 2. The van der Waals surface area contributed by atoms with Crippen molar-refractivity contribution in [2.45, 2.75) is 13.3 Å². The molecule has 0 aromatic heterocycles.